The van der Waals surface area contributed by atoms with Gasteiger partial charge in [-0.25, -0.2) is 4.68 Å². The summed E-state index contributed by atoms with van der Waals surface area (Å²) in [6, 6.07) is 10.2. The van der Waals surface area contributed by atoms with Crippen LogP contribution in [0.3, 0.4) is 0 Å². The van der Waals surface area contributed by atoms with Gasteiger partial charge in [-0.2, -0.15) is 0 Å². The van der Waals surface area contributed by atoms with E-state index in [1.807, 2.05) is 17.5 Å². The van der Waals surface area contributed by atoms with Crippen LogP contribution in [0.2, 0.25) is 0 Å². The number of hydrogen-bond donors (Lipinski definition) is 0. The van der Waals surface area contributed by atoms with Crippen LogP contribution in [0.5, 0.6) is 5.75 Å². The predicted molar refractivity (Wildman–Crippen MR) is 90.6 cm³/mol. The van der Waals surface area contributed by atoms with Crippen LogP contribution in [-0.2, 0) is 6.54 Å². The summed E-state index contributed by atoms with van der Waals surface area (Å²) in [5.74, 6) is 1.11. The van der Waals surface area contributed by atoms with Gasteiger partial charge in [-0.15, -0.1) is 16.4 Å². The number of nitro groups is 1. The SMILES string of the molecule is O=[N+]([O-])c1cccc(OCCSc2nnnn2Cc2cccs2)c1. The van der Waals surface area contributed by atoms with E-state index in [-0.39, 0.29) is 5.69 Å². The highest BCUT2D eigenvalue weighted by Crippen LogP contribution is 2.20. The van der Waals surface area contributed by atoms with Crippen molar-refractivity contribution >= 4 is 28.8 Å². The maximum Gasteiger partial charge on any atom is 0.273 e. The monoisotopic (exact) mass is 363 g/mol. The van der Waals surface area contributed by atoms with Crippen molar-refractivity contribution in [3.63, 3.8) is 0 Å². The molecule has 24 heavy (non-hydrogen) atoms. The Morgan fingerprint density at radius 3 is 3.04 bits per heavy atom. The van der Waals surface area contributed by atoms with Crippen molar-refractivity contribution in [2.75, 3.05) is 12.4 Å². The molecule has 0 saturated carbocycles. The fourth-order valence-corrected chi connectivity index (χ4v) is 3.31. The van der Waals surface area contributed by atoms with Crippen LogP contribution in [0.4, 0.5) is 5.69 Å². The van der Waals surface area contributed by atoms with Gasteiger partial charge in [0.25, 0.3) is 5.69 Å². The molecule has 0 fully saturated rings. The zero-order valence-electron chi connectivity index (χ0n) is 12.4. The zero-order chi connectivity index (χ0) is 16.8. The van der Waals surface area contributed by atoms with E-state index >= 15 is 0 Å². The van der Waals surface area contributed by atoms with Crippen molar-refractivity contribution in [1.82, 2.24) is 20.2 Å². The van der Waals surface area contributed by atoms with Gasteiger partial charge in [0.1, 0.15) is 5.75 Å². The lowest BCUT2D eigenvalue weighted by Crippen LogP contribution is -2.05. The van der Waals surface area contributed by atoms with Gasteiger partial charge in [0, 0.05) is 16.7 Å². The van der Waals surface area contributed by atoms with Gasteiger partial charge in [0.15, 0.2) is 0 Å². The maximum absolute atomic E-state index is 10.7. The minimum absolute atomic E-state index is 0.0139. The Kier molecular flexibility index (Phi) is 5.39. The molecule has 0 aliphatic carbocycles. The van der Waals surface area contributed by atoms with Gasteiger partial charge >= 0.3 is 0 Å². The van der Waals surface area contributed by atoms with E-state index in [4.69, 9.17) is 4.74 Å². The van der Waals surface area contributed by atoms with E-state index in [2.05, 4.69) is 15.5 Å². The molecular formula is C14H13N5O3S2. The van der Waals surface area contributed by atoms with Crippen LogP contribution in [0.1, 0.15) is 4.88 Å². The summed E-state index contributed by atoms with van der Waals surface area (Å²) < 4.78 is 7.28. The van der Waals surface area contributed by atoms with Gasteiger partial charge in [-0.3, -0.25) is 10.1 Å². The first-order valence-electron chi connectivity index (χ1n) is 7.01. The van der Waals surface area contributed by atoms with Crippen molar-refractivity contribution in [3.05, 3.63) is 56.8 Å². The molecule has 2 heterocycles. The van der Waals surface area contributed by atoms with E-state index in [9.17, 15) is 10.1 Å². The van der Waals surface area contributed by atoms with Crippen molar-refractivity contribution in [2.45, 2.75) is 11.7 Å². The molecule has 0 spiro atoms. The molecule has 0 N–H and O–H groups in total. The van der Waals surface area contributed by atoms with Crippen LogP contribution < -0.4 is 4.74 Å². The summed E-state index contributed by atoms with van der Waals surface area (Å²) >= 11 is 3.13. The molecule has 0 unspecified atom stereocenters. The number of aromatic nitrogens is 4. The second-order valence-corrected chi connectivity index (χ2v) is 6.74. The minimum atomic E-state index is -0.444. The highest BCUT2D eigenvalue weighted by atomic mass is 32.2. The number of ether oxygens (including phenoxy) is 1. The Labute approximate surface area is 145 Å². The van der Waals surface area contributed by atoms with E-state index in [0.29, 0.717) is 29.8 Å². The molecule has 3 aromatic rings. The average molecular weight is 363 g/mol. The second-order valence-electron chi connectivity index (χ2n) is 4.65. The summed E-state index contributed by atoms with van der Waals surface area (Å²) in [6.07, 6.45) is 0. The van der Waals surface area contributed by atoms with E-state index < -0.39 is 4.92 Å². The first-order valence-corrected chi connectivity index (χ1v) is 8.87. The third-order valence-corrected chi connectivity index (χ3v) is 4.78. The summed E-state index contributed by atoms with van der Waals surface area (Å²) in [7, 11) is 0. The normalized spacial score (nSPS) is 10.7. The van der Waals surface area contributed by atoms with Crippen LogP contribution >= 0.6 is 23.1 Å². The second kappa shape index (κ2) is 7.88. The Morgan fingerprint density at radius 2 is 2.25 bits per heavy atom. The molecule has 8 nitrogen and oxygen atoms in total. The number of nitro benzene ring substituents is 1. The van der Waals surface area contributed by atoms with E-state index in [1.165, 1.54) is 28.8 Å². The molecule has 0 atom stereocenters. The topological polar surface area (TPSA) is 96.0 Å². The number of nitrogens with zero attached hydrogens (tertiary/aromatic N) is 5. The molecule has 0 saturated heterocycles. The Balaban J connectivity index is 1.50. The molecule has 3 rings (SSSR count). The predicted octanol–water partition coefficient (Wildman–Crippen LogP) is 2.86. The third-order valence-electron chi connectivity index (χ3n) is 3.00. The molecule has 2 aromatic heterocycles. The van der Waals surface area contributed by atoms with Crippen molar-refractivity contribution in [1.29, 1.82) is 0 Å². The molecule has 0 amide bonds. The van der Waals surface area contributed by atoms with Gasteiger partial charge in [-0.1, -0.05) is 23.9 Å². The molecule has 10 heteroatoms. The highest BCUT2D eigenvalue weighted by Gasteiger charge is 2.09. The smallest absolute Gasteiger partial charge is 0.273 e. The molecule has 0 aliphatic heterocycles. The number of tetrazole rings is 1. The largest absolute Gasteiger partial charge is 0.492 e. The van der Waals surface area contributed by atoms with Gasteiger partial charge in [-0.05, 0) is 27.9 Å². The molecule has 124 valence electrons. The van der Waals surface area contributed by atoms with Crippen molar-refractivity contribution < 1.29 is 9.66 Å². The fourth-order valence-electron chi connectivity index (χ4n) is 1.93. The van der Waals surface area contributed by atoms with Crippen LogP contribution in [-0.4, -0.2) is 37.5 Å². The van der Waals surface area contributed by atoms with Crippen LogP contribution in [0, 0.1) is 10.1 Å². The molecule has 0 radical (unpaired) electrons. The van der Waals surface area contributed by atoms with E-state index in [1.54, 1.807) is 28.2 Å². The summed E-state index contributed by atoms with van der Waals surface area (Å²) in [5.41, 5.74) is 0.0139. The first-order chi connectivity index (χ1) is 11.7. The summed E-state index contributed by atoms with van der Waals surface area (Å²) in [5, 5.41) is 25.1. The molecular weight excluding hydrogens is 350 g/mol. The summed E-state index contributed by atoms with van der Waals surface area (Å²) in [4.78, 5) is 11.5. The lowest BCUT2D eigenvalue weighted by molar-refractivity contribution is -0.384. The number of thioether (sulfide) groups is 1. The van der Waals surface area contributed by atoms with E-state index in [0.717, 1.165) is 0 Å². The first kappa shape index (κ1) is 16.4. The Hall–Kier alpha value is -2.46. The van der Waals surface area contributed by atoms with Crippen molar-refractivity contribution in [2.24, 2.45) is 0 Å². The number of benzene rings is 1. The highest BCUT2D eigenvalue weighted by molar-refractivity contribution is 7.99. The number of hydrogen-bond acceptors (Lipinski definition) is 8. The minimum Gasteiger partial charge on any atom is -0.492 e. The van der Waals surface area contributed by atoms with Gasteiger partial charge in [0.05, 0.1) is 24.1 Å². The number of thiophene rings is 1. The Morgan fingerprint density at radius 1 is 1.33 bits per heavy atom. The van der Waals surface area contributed by atoms with Crippen molar-refractivity contribution in [3.8, 4) is 5.75 Å². The lowest BCUT2D eigenvalue weighted by Gasteiger charge is -2.06. The number of non-ortho nitro benzene ring substituents is 1. The zero-order valence-corrected chi connectivity index (χ0v) is 14.1. The maximum atomic E-state index is 10.7. The van der Waals surface area contributed by atoms with Crippen LogP contribution in [0.25, 0.3) is 0 Å². The lowest BCUT2D eigenvalue weighted by atomic mass is 10.3. The fraction of sp³-hybridized carbons (Fsp3) is 0.214. The third kappa shape index (κ3) is 4.30. The summed E-state index contributed by atoms with van der Waals surface area (Å²) in [6.45, 7) is 1.04. The molecule has 1 aromatic carbocycles. The molecule has 0 bridgehead atoms. The molecule has 0 aliphatic rings. The van der Waals surface area contributed by atoms with Gasteiger partial charge < -0.3 is 4.74 Å². The standard InChI is InChI=1S/C14H13N5O3S2/c20-19(21)11-3-1-4-12(9-11)22-6-8-24-14-15-16-17-18(14)10-13-5-2-7-23-13/h1-5,7,9H,6,8,10H2. The van der Waals surface area contributed by atoms with Crippen LogP contribution in [0.15, 0.2) is 46.9 Å². The quantitative estimate of drug-likeness (QED) is 0.263. The average Bonchev–Trinajstić information content (AvgIpc) is 3.24. The Bertz CT molecular complexity index is 806. The van der Waals surface area contributed by atoms with Gasteiger partial charge in [0.2, 0.25) is 5.16 Å². The number of rotatable bonds is 8.